The zero-order valence-corrected chi connectivity index (χ0v) is 16.5. The van der Waals surface area contributed by atoms with Crippen molar-refractivity contribution in [3.05, 3.63) is 59.9 Å². The summed E-state index contributed by atoms with van der Waals surface area (Å²) in [4.78, 5) is 30.6. The van der Waals surface area contributed by atoms with Gasteiger partial charge in [-0.05, 0) is 48.6 Å². The van der Waals surface area contributed by atoms with Gasteiger partial charge in [-0.2, -0.15) is 0 Å². The Balaban J connectivity index is 1.75. The molecule has 1 aromatic carbocycles. The summed E-state index contributed by atoms with van der Waals surface area (Å²) in [6.07, 6.45) is 3.53. The van der Waals surface area contributed by atoms with E-state index in [1.165, 1.54) is 0 Å². The summed E-state index contributed by atoms with van der Waals surface area (Å²) in [5, 5.41) is 20.6. The van der Waals surface area contributed by atoms with Gasteiger partial charge < -0.3 is 19.8 Å². The fraction of sp³-hybridized carbons (Fsp3) is 0.409. The number of hydrogen-bond acceptors (Lipinski definition) is 5. The molecule has 0 bridgehead atoms. The second-order valence-electron chi connectivity index (χ2n) is 7.47. The van der Waals surface area contributed by atoms with Crippen molar-refractivity contribution in [3.63, 3.8) is 0 Å². The Morgan fingerprint density at radius 3 is 2.76 bits per heavy atom. The topological polar surface area (TPSA) is 100.0 Å². The minimum atomic E-state index is -1.45. The summed E-state index contributed by atoms with van der Waals surface area (Å²) < 4.78 is 5.22. The van der Waals surface area contributed by atoms with Gasteiger partial charge in [0.1, 0.15) is 11.2 Å². The first-order valence-electron chi connectivity index (χ1n) is 9.65. The van der Waals surface area contributed by atoms with Gasteiger partial charge in [-0.3, -0.25) is 14.6 Å². The van der Waals surface area contributed by atoms with E-state index in [-0.39, 0.29) is 31.7 Å². The third-order valence-electron chi connectivity index (χ3n) is 5.57. The number of likely N-dealkylation sites (tertiary alicyclic amines) is 1. The molecule has 0 unspecified atom stereocenters. The highest BCUT2D eigenvalue weighted by Crippen LogP contribution is 2.35. The van der Waals surface area contributed by atoms with Crippen LogP contribution < -0.4 is 4.74 Å². The Hall–Kier alpha value is -2.93. The monoisotopic (exact) mass is 398 g/mol. The molecule has 0 spiro atoms. The van der Waals surface area contributed by atoms with Gasteiger partial charge in [-0.25, -0.2) is 0 Å². The van der Waals surface area contributed by atoms with E-state index in [9.17, 15) is 19.8 Å². The van der Waals surface area contributed by atoms with Crippen molar-refractivity contribution in [2.75, 3.05) is 20.2 Å². The molecule has 1 fully saturated rings. The molecule has 0 aliphatic carbocycles. The normalized spacial score (nSPS) is 21.6. The fourth-order valence-electron chi connectivity index (χ4n) is 3.85. The molecular formula is C22H26N2O5. The van der Waals surface area contributed by atoms with Crippen molar-refractivity contribution >= 4 is 11.9 Å². The van der Waals surface area contributed by atoms with Crippen LogP contribution in [0, 0.1) is 5.41 Å². The number of aliphatic hydroxyl groups excluding tert-OH is 1. The van der Waals surface area contributed by atoms with E-state index in [0.717, 1.165) is 11.1 Å². The summed E-state index contributed by atoms with van der Waals surface area (Å²) in [6.45, 7) is 0.326. The number of aromatic nitrogens is 1. The molecule has 1 saturated heterocycles. The number of carboxylic acids is 1. The molecule has 1 aliphatic heterocycles. The number of aliphatic hydroxyl groups is 1. The minimum Gasteiger partial charge on any atom is -0.497 e. The van der Waals surface area contributed by atoms with Crippen molar-refractivity contribution in [2.45, 2.75) is 31.8 Å². The fourth-order valence-corrected chi connectivity index (χ4v) is 3.85. The third-order valence-corrected chi connectivity index (χ3v) is 5.57. The largest absolute Gasteiger partial charge is 0.497 e. The lowest BCUT2D eigenvalue weighted by atomic mass is 9.72. The quantitative estimate of drug-likeness (QED) is 0.739. The molecule has 0 saturated carbocycles. The smallest absolute Gasteiger partial charge is 0.314 e. The van der Waals surface area contributed by atoms with Crippen LogP contribution in [-0.4, -0.2) is 58.3 Å². The number of carbonyl (C=O) groups is 2. The Morgan fingerprint density at radius 2 is 2.07 bits per heavy atom. The number of carbonyl (C=O) groups excluding carboxylic acids is 1. The first-order chi connectivity index (χ1) is 13.9. The Kier molecular flexibility index (Phi) is 6.49. The molecule has 1 amide bonds. The van der Waals surface area contributed by atoms with E-state index in [1.54, 1.807) is 42.6 Å². The number of rotatable bonds is 7. The summed E-state index contributed by atoms with van der Waals surface area (Å²) in [7, 11) is 1.55. The maximum atomic E-state index is 12.8. The zero-order valence-electron chi connectivity index (χ0n) is 16.5. The summed E-state index contributed by atoms with van der Waals surface area (Å²) in [6, 6.07) is 10.9. The van der Waals surface area contributed by atoms with Crippen molar-refractivity contribution in [1.82, 2.24) is 9.88 Å². The maximum absolute atomic E-state index is 12.8. The van der Waals surface area contributed by atoms with Gasteiger partial charge in [0.05, 0.1) is 13.2 Å². The first kappa shape index (κ1) is 20.8. The predicted octanol–water partition coefficient (Wildman–Crippen LogP) is 1.93. The molecular weight excluding hydrogens is 372 g/mol. The van der Waals surface area contributed by atoms with Crippen molar-refractivity contribution in [3.8, 4) is 5.75 Å². The van der Waals surface area contributed by atoms with Gasteiger partial charge in [-0.1, -0.05) is 18.2 Å². The Morgan fingerprint density at radius 1 is 1.28 bits per heavy atom. The predicted molar refractivity (Wildman–Crippen MR) is 107 cm³/mol. The summed E-state index contributed by atoms with van der Waals surface area (Å²) >= 11 is 0. The molecule has 3 rings (SSSR count). The first-order valence-corrected chi connectivity index (χ1v) is 9.65. The van der Waals surface area contributed by atoms with Crippen LogP contribution in [-0.2, 0) is 22.4 Å². The minimum absolute atomic E-state index is 0.0212. The molecule has 29 heavy (non-hydrogen) atoms. The van der Waals surface area contributed by atoms with Crippen LogP contribution in [0.4, 0.5) is 0 Å². The van der Waals surface area contributed by atoms with E-state index in [4.69, 9.17) is 4.74 Å². The number of pyridine rings is 1. The van der Waals surface area contributed by atoms with Crippen LogP contribution in [0.3, 0.4) is 0 Å². The molecule has 0 radical (unpaired) electrons. The lowest BCUT2D eigenvalue weighted by molar-refractivity contribution is -0.165. The number of amides is 1. The van der Waals surface area contributed by atoms with E-state index in [1.807, 2.05) is 18.2 Å². The number of aryl methyl sites for hydroxylation is 1. The van der Waals surface area contributed by atoms with E-state index in [2.05, 4.69) is 4.98 Å². The number of piperidine rings is 1. The number of hydrogen-bond donors (Lipinski definition) is 2. The van der Waals surface area contributed by atoms with E-state index >= 15 is 0 Å². The number of carboxylic acid groups (broad SMARTS) is 1. The summed E-state index contributed by atoms with van der Waals surface area (Å²) in [5.74, 6) is -0.590. The number of ether oxygens (including phenoxy) is 1. The molecule has 1 aliphatic rings. The van der Waals surface area contributed by atoms with Gasteiger partial charge in [0.15, 0.2) is 0 Å². The highest BCUT2D eigenvalue weighted by atomic mass is 16.5. The SMILES string of the molecule is COc1cccc(C[C@@]2(C(=O)O)CN(C(=O)CCc3cccnc3)CC[C@H]2O)c1. The highest BCUT2D eigenvalue weighted by molar-refractivity contribution is 5.80. The van der Waals surface area contributed by atoms with Gasteiger partial charge >= 0.3 is 5.97 Å². The van der Waals surface area contributed by atoms with Crippen molar-refractivity contribution < 1.29 is 24.5 Å². The van der Waals surface area contributed by atoms with Crippen molar-refractivity contribution in [1.29, 1.82) is 0 Å². The Labute approximate surface area is 170 Å². The molecule has 1 aromatic heterocycles. The summed E-state index contributed by atoms with van der Waals surface area (Å²) in [5.41, 5.74) is 0.253. The van der Waals surface area contributed by atoms with Crippen LogP contribution in [0.5, 0.6) is 5.75 Å². The van der Waals surface area contributed by atoms with E-state index < -0.39 is 17.5 Å². The third kappa shape index (κ3) is 4.74. The van der Waals surface area contributed by atoms with Crippen LogP contribution in [0.25, 0.3) is 0 Å². The van der Waals surface area contributed by atoms with Gasteiger partial charge in [0, 0.05) is 31.9 Å². The number of nitrogens with zero attached hydrogens (tertiary/aromatic N) is 2. The average Bonchev–Trinajstić information content (AvgIpc) is 2.74. The average molecular weight is 398 g/mol. The van der Waals surface area contributed by atoms with Crippen LogP contribution >= 0.6 is 0 Å². The number of methoxy groups -OCH3 is 1. The van der Waals surface area contributed by atoms with E-state index in [0.29, 0.717) is 18.7 Å². The maximum Gasteiger partial charge on any atom is 0.314 e. The van der Waals surface area contributed by atoms with Gasteiger partial charge in [0.25, 0.3) is 0 Å². The van der Waals surface area contributed by atoms with Crippen LogP contribution in [0.15, 0.2) is 48.8 Å². The molecule has 2 aromatic rings. The number of aliphatic carboxylic acids is 1. The second kappa shape index (κ2) is 9.05. The van der Waals surface area contributed by atoms with Crippen LogP contribution in [0.2, 0.25) is 0 Å². The Bertz CT molecular complexity index is 857. The molecule has 2 atom stereocenters. The molecule has 154 valence electrons. The molecule has 7 nitrogen and oxygen atoms in total. The van der Waals surface area contributed by atoms with Gasteiger partial charge in [-0.15, -0.1) is 0 Å². The lowest BCUT2D eigenvalue weighted by Gasteiger charge is -2.43. The highest BCUT2D eigenvalue weighted by Gasteiger charge is 2.50. The van der Waals surface area contributed by atoms with Crippen molar-refractivity contribution in [2.24, 2.45) is 5.41 Å². The second-order valence-corrected chi connectivity index (χ2v) is 7.47. The zero-order chi connectivity index (χ0) is 20.9. The molecule has 7 heteroatoms. The van der Waals surface area contributed by atoms with Gasteiger partial charge in [0.2, 0.25) is 5.91 Å². The lowest BCUT2D eigenvalue weighted by Crippen LogP contribution is -2.58. The molecule has 2 heterocycles. The molecule has 2 N–H and O–H groups in total. The number of benzene rings is 1. The van der Waals surface area contributed by atoms with Crippen LogP contribution in [0.1, 0.15) is 24.0 Å². The standard InChI is InChI=1S/C22H26N2O5/c1-29-18-6-2-4-17(12-18)13-22(21(27)28)15-24(11-9-19(22)25)20(26)8-7-16-5-3-10-23-14-16/h2-6,10,12,14,19,25H,7-9,11,13,15H2,1H3,(H,27,28)/t19-,22-/m1/s1.